The summed E-state index contributed by atoms with van der Waals surface area (Å²) in [6.07, 6.45) is 5.45. The summed E-state index contributed by atoms with van der Waals surface area (Å²) < 4.78 is 7.71. The third-order valence-corrected chi connectivity index (χ3v) is 3.76. The fourth-order valence-corrected chi connectivity index (χ4v) is 2.70. The molecule has 0 fully saturated rings. The van der Waals surface area contributed by atoms with Gasteiger partial charge in [0.25, 0.3) is 0 Å². The summed E-state index contributed by atoms with van der Waals surface area (Å²) in [4.78, 5) is 4.57. The zero-order valence-corrected chi connectivity index (χ0v) is 13.1. The minimum Gasteiger partial charge on any atom is -0.484 e. The molecule has 0 bridgehead atoms. The molecule has 0 aliphatic carbocycles. The molecule has 0 radical (unpaired) electrons. The van der Waals surface area contributed by atoms with Gasteiger partial charge in [0.2, 0.25) is 0 Å². The number of halogens is 2. The number of ether oxygens (including phenoxy) is 1. The predicted molar refractivity (Wildman–Crippen MR) is 89.4 cm³/mol. The maximum atomic E-state index is 6.11. The van der Waals surface area contributed by atoms with Gasteiger partial charge in [-0.3, -0.25) is 0 Å². The molecule has 0 spiro atoms. The van der Waals surface area contributed by atoms with Crippen molar-refractivity contribution in [2.24, 2.45) is 0 Å². The topological polar surface area (TPSA) is 27.1 Å². The van der Waals surface area contributed by atoms with Gasteiger partial charge >= 0.3 is 0 Å². The SMILES string of the molecule is C#CCn1c(COc2ccc(Cl)cc2Cl)nc2ccccc21. The first-order valence-corrected chi connectivity index (χ1v) is 7.40. The Hall–Kier alpha value is -2.15. The maximum Gasteiger partial charge on any atom is 0.148 e. The normalized spacial score (nSPS) is 10.6. The molecule has 1 aromatic heterocycles. The van der Waals surface area contributed by atoms with Gasteiger partial charge < -0.3 is 9.30 Å². The molecule has 5 heteroatoms. The maximum absolute atomic E-state index is 6.11. The van der Waals surface area contributed by atoms with E-state index < -0.39 is 0 Å². The third kappa shape index (κ3) is 2.89. The van der Waals surface area contributed by atoms with E-state index in [-0.39, 0.29) is 6.61 Å². The third-order valence-electron chi connectivity index (χ3n) is 3.23. The summed E-state index contributed by atoms with van der Waals surface area (Å²) in [5.41, 5.74) is 1.87. The lowest BCUT2D eigenvalue weighted by Gasteiger charge is -2.09. The van der Waals surface area contributed by atoms with Crippen molar-refractivity contribution in [2.75, 3.05) is 0 Å². The van der Waals surface area contributed by atoms with Crippen LogP contribution >= 0.6 is 23.2 Å². The van der Waals surface area contributed by atoms with Crippen molar-refractivity contribution in [3.05, 3.63) is 58.3 Å². The Morgan fingerprint density at radius 3 is 2.77 bits per heavy atom. The Kier molecular flexibility index (Phi) is 4.24. The van der Waals surface area contributed by atoms with Crippen LogP contribution in [-0.4, -0.2) is 9.55 Å². The number of aromatic nitrogens is 2. The van der Waals surface area contributed by atoms with E-state index in [1.807, 2.05) is 28.8 Å². The molecule has 2 aromatic carbocycles. The average molecular weight is 331 g/mol. The van der Waals surface area contributed by atoms with E-state index in [2.05, 4.69) is 10.9 Å². The molecule has 0 saturated heterocycles. The second-order valence-electron chi connectivity index (χ2n) is 4.67. The van der Waals surface area contributed by atoms with E-state index in [1.165, 1.54) is 0 Å². The van der Waals surface area contributed by atoms with Crippen LogP contribution in [0.2, 0.25) is 10.0 Å². The number of imidazole rings is 1. The lowest BCUT2D eigenvalue weighted by atomic mass is 10.3. The molecule has 3 nitrogen and oxygen atoms in total. The van der Waals surface area contributed by atoms with Crippen molar-refractivity contribution in [1.29, 1.82) is 0 Å². The van der Waals surface area contributed by atoms with Crippen molar-refractivity contribution in [3.8, 4) is 18.1 Å². The van der Waals surface area contributed by atoms with Crippen molar-refractivity contribution in [2.45, 2.75) is 13.2 Å². The average Bonchev–Trinajstić information content (AvgIpc) is 2.85. The van der Waals surface area contributed by atoms with Gasteiger partial charge in [0.15, 0.2) is 0 Å². The molecule has 3 aromatic rings. The summed E-state index contributed by atoms with van der Waals surface area (Å²) in [5, 5.41) is 1.03. The molecule has 0 unspecified atom stereocenters. The van der Waals surface area contributed by atoms with Crippen LogP contribution in [0.1, 0.15) is 5.82 Å². The second kappa shape index (κ2) is 6.31. The molecule has 0 aliphatic heterocycles. The first kappa shape index (κ1) is 14.8. The van der Waals surface area contributed by atoms with E-state index in [4.69, 9.17) is 34.4 Å². The van der Waals surface area contributed by atoms with Crippen molar-refractivity contribution < 1.29 is 4.74 Å². The Morgan fingerprint density at radius 1 is 1.18 bits per heavy atom. The number of nitrogens with zero attached hydrogens (tertiary/aromatic N) is 2. The lowest BCUT2D eigenvalue weighted by Crippen LogP contribution is -2.06. The molecule has 22 heavy (non-hydrogen) atoms. The molecule has 110 valence electrons. The van der Waals surface area contributed by atoms with E-state index >= 15 is 0 Å². The quantitative estimate of drug-likeness (QED) is 0.656. The van der Waals surface area contributed by atoms with E-state index in [1.54, 1.807) is 18.2 Å². The standard InChI is InChI=1S/C17H12Cl2N2O/c1-2-9-21-15-6-4-3-5-14(15)20-17(21)11-22-16-8-7-12(18)10-13(16)19/h1,3-8,10H,9,11H2. The van der Waals surface area contributed by atoms with Gasteiger partial charge in [0.05, 0.1) is 22.6 Å². The zero-order valence-electron chi connectivity index (χ0n) is 11.6. The Morgan fingerprint density at radius 2 is 2.00 bits per heavy atom. The number of rotatable bonds is 4. The fourth-order valence-electron chi connectivity index (χ4n) is 2.24. The highest BCUT2D eigenvalue weighted by Crippen LogP contribution is 2.28. The zero-order chi connectivity index (χ0) is 15.5. The van der Waals surface area contributed by atoms with Crippen LogP contribution in [0.15, 0.2) is 42.5 Å². The molecule has 0 saturated carbocycles. The molecule has 3 rings (SSSR count). The van der Waals surface area contributed by atoms with Gasteiger partial charge in [0.1, 0.15) is 18.2 Å². The summed E-state index contributed by atoms with van der Waals surface area (Å²) >= 11 is 12.0. The molecule has 0 aliphatic rings. The van der Waals surface area contributed by atoms with Crippen LogP contribution in [-0.2, 0) is 13.2 Å². The Balaban J connectivity index is 1.90. The number of terminal acetylenes is 1. The first-order chi connectivity index (χ1) is 10.7. The second-order valence-corrected chi connectivity index (χ2v) is 5.51. The number of para-hydroxylation sites is 2. The summed E-state index contributed by atoms with van der Waals surface area (Å²) in [6, 6.07) is 12.9. The fraction of sp³-hybridized carbons (Fsp3) is 0.118. The highest BCUT2D eigenvalue weighted by atomic mass is 35.5. The minimum absolute atomic E-state index is 0.276. The van der Waals surface area contributed by atoms with Crippen LogP contribution in [0.3, 0.4) is 0 Å². The van der Waals surface area contributed by atoms with Gasteiger partial charge in [-0.1, -0.05) is 41.3 Å². The molecular weight excluding hydrogens is 319 g/mol. The number of benzene rings is 2. The summed E-state index contributed by atoms with van der Waals surface area (Å²) in [7, 11) is 0. The summed E-state index contributed by atoms with van der Waals surface area (Å²) in [6.45, 7) is 0.714. The van der Waals surface area contributed by atoms with Crippen molar-refractivity contribution in [3.63, 3.8) is 0 Å². The van der Waals surface area contributed by atoms with Crippen LogP contribution in [0.25, 0.3) is 11.0 Å². The number of hydrogen-bond acceptors (Lipinski definition) is 2. The van der Waals surface area contributed by atoms with Gasteiger partial charge in [-0.15, -0.1) is 6.42 Å². The highest BCUT2D eigenvalue weighted by Gasteiger charge is 2.11. The van der Waals surface area contributed by atoms with Crippen LogP contribution in [0.4, 0.5) is 0 Å². The Labute approximate surface area is 138 Å². The molecule has 1 heterocycles. The number of fused-ring (bicyclic) bond motifs is 1. The Bertz CT molecular complexity index is 865. The van der Waals surface area contributed by atoms with Gasteiger partial charge in [-0.2, -0.15) is 0 Å². The van der Waals surface area contributed by atoms with Crippen LogP contribution in [0.5, 0.6) is 5.75 Å². The van der Waals surface area contributed by atoms with Gasteiger partial charge in [-0.25, -0.2) is 4.98 Å². The highest BCUT2D eigenvalue weighted by molar-refractivity contribution is 6.35. The van der Waals surface area contributed by atoms with Gasteiger partial charge in [-0.05, 0) is 30.3 Å². The first-order valence-electron chi connectivity index (χ1n) is 6.64. The molecule has 0 atom stereocenters. The smallest absolute Gasteiger partial charge is 0.148 e. The van der Waals surface area contributed by atoms with Crippen molar-refractivity contribution in [1.82, 2.24) is 9.55 Å². The molecule has 0 N–H and O–H groups in total. The van der Waals surface area contributed by atoms with Crippen LogP contribution in [0, 0.1) is 12.3 Å². The van der Waals surface area contributed by atoms with Gasteiger partial charge in [0, 0.05) is 5.02 Å². The minimum atomic E-state index is 0.276. The lowest BCUT2D eigenvalue weighted by molar-refractivity contribution is 0.292. The van der Waals surface area contributed by atoms with E-state index in [0.29, 0.717) is 22.3 Å². The summed E-state index contributed by atoms with van der Waals surface area (Å²) in [5.74, 6) is 3.96. The van der Waals surface area contributed by atoms with Crippen LogP contribution < -0.4 is 4.74 Å². The number of hydrogen-bond donors (Lipinski definition) is 0. The predicted octanol–water partition coefficient (Wildman–Crippen LogP) is 4.56. The molecule has 0 amide bonds. The van der Waals surface area contributed by atoms with E-state index in [9.17, 15) is 0 Å². The van der Waals surface area contributed by atoms with E-state index in [0.717, 1.165) is 16.9 Å². The van der Waals surface area contributed by atoms with Crippen molar-refractivity contribution >= 4 is 34.2 Å². The largest absolute Gasteiger partial charge is 0.484 e. The molecular formula is C17H12Cl2N2O. The monoisotopic (exact) mass is 330 g/mol.